The third-order valence-electron chi connectivity index (χ3n) is 3.25. The molecule has 0 N–H and O–H groups in total. The van der Waals surface area contributed by atoms with Gasteiger partial charge in [-0.3, -0.25) is 0 Å². The van der Waals surface area contributed by atoms with Crippen molar-refractivity contribution in [2.45, 2.75) is 25.9 Å². The fourth-order valence-corrected chi connectivity index (χ4v) is 2.55. The van der Waals surface area contributed by atoms with Crippen molar-refractivity contribution in [2.24, 2.45) is 11.8 Å². The van der Waals surface area contributed by atoms with Crippen molar-refractivity contribution in [2.75, 3.05) is 6.61 Å². The van der Waals surface area contributed by atoms with E-state index in [0.717, 1.165) is 12.0 Å². The molecule has 0 saturated heterocycles. The van der Waals surface area contributed by atoms with Crippen LogP contribution in [0.4, 0.5) is 0 Å². The lowest BCUT2D eigenvalue weighted by molar-refractivity contribution is -0.0128. The number of allylic oxidation sites excluding steroid dienone is 1. The van der Waals surface area contributed by atoms with Gasteiger partial charge in [-0.05, 0) is 20.3 Å². The molecule has 0 aromatic carbocycles. The van der Waals surface area contributed by atoms with Crippen LogP contribution in [0.5, 0.6) is 0 Å². The third-order valence-corrected chi connectivity index (χ3v) is 3.25. The van der Waals surface area contributed by atoms with Crippen LogP contribution in [0.15, 0.2) is 17.7 Å². The van der Waals surface area contributed by atoms with Gasteiger partial charge < -0.3 is 4.74 Å². The summed E-state index contributed by atoms with van der Waals surface area (Å²) in [5, 5.41) is 0. The first-order chi connectivity index (χ1) is 6.22. The Morgan fingerprint density at radius 2 is 2.46 bits per heavy atom. The predicted octanol–water partition coefficient (Wildman–Crippen LogP) is 1.75. The van der Waals surface area contributed by atoms with E-state index in [9.17, 15) is 4.79 Å². The molecule has 1 saturated carbocycles. The minimum absolute atomic E-state index is 0.291. The zero-order valence-electron chi connectivity index (χ0n) is 8.04. The number of ether oxygens (including phenoxy) is 1. The Balaban J connectivity index is 2.38. The molecule has 0 aromatic rings. The first kappa shape index (κ1) is 8.74. The highest BCUT2D eigenvalue weighted by atomic mass is 16.5. The normalized spacial score (nSPS) is 41.2. The van der Waals surface area contributed by atoms with E-state index in [1.165, 1.54) is 0 Å². The number of hydrogen-bond acceptors (Lipinski definition) is 2. The van der Waals surface area contributed by atoms with Crippen LogP contribution in [0, 0.1) is 11.8 Å². The topological polar surface area (TPSA) is 26.3 Å². The van der Waals surface area contributed by atoms with E-state index in [0.29, 0.717) is 18.4 Å². The van der Waals surface area contributed by atoms with Gasteiger partial charge in [0.25, 0.3) is 0 Å². The van der Waals surface area contributed by atoms with Crippen molar-refractivity contribution in [1.29, 1.82) is 0 Å². The molecule has 13 heavy (non-hydrogen) atoms. The molecule has 3 atom stereocenters. The summed E-state index contributed by atoms with van der Waals surface area (Å²) >= 11 is 0. The molecule has 0 aliphatic heterocycles. The molecule has 0 radical (unpaired) electrons. The Labute approximate surface area is 78.3 Å². The van der Waals surface area contributed by atoms with Crippen LogP contribution in [0.1, 0.15) is 20.3 Å². The largest absolute Gasteiger partial charge is 0.370 e. The van der Waals surface area contributed by atoms with Gasteiger partial charge in [0.05, 0.1) is 5.57 Å². The van der Waals surface area contributed by atoms with Crippen LogP contribution in [0.2, 0.25) is 0 Å². The average molecular weight is 178 g/mol. The van der Waals surface area contributed by atoms with Gasteiger partial charge in [-0.2, -0.15) is 0 Å². The van der Waals surface area contributed by atoms with E-state index < -0.39 is 0 Å². The molecule has 3 unspecified atom stereocenters. The maximum Gasteiger partial charge on any atom is 0.127 e. The molecule has 2 aliphatic rings. The Kier molecular flexibility index (Phi) is 1.90. The fraction of sp³-hybridized carbons (Fsp3) is 0.636. The van der Waals surface area contributed by atoms with E-state index in [2.05, 4.69) is 18.1 Å². The van der Waals surface area contributed by atoms with E-state index in [4.69, 9.17) is 4.74 Å². The third kappa shape index (κ3) is 1.03. The van der Waals surface area contributed by atoms with Gasteiger partial charge in [0.15, 0.2) is 0 Å². The molecular formula is C11H14O2. The van der Waals surface area contributed by atoms with Crippen molar-refractivity contribution in [3.63, 3.8) is 0 Å². The summed E-state index contributed by atoms with van der Waals surface area (Å²) in [4.78, 5) is 10.8. The molecule has 2 heteroatoms. The van der Waals surface area contributed by atoms with Gasteiger partial charge >= 0.3 is 0 Å². The van der Waals surface area contributed by atoms with E-state index in [1.807, 2.05) is 13.8 Å². The monoisotopic (exact) mass is 178 g/mol. The Morgan fingerprint density at radius 1 is 1.69 bits per heavy atom. The Morgan fingerprint density at radius 3 is 3.08 bits per heavy atom. The molecule has 0 heterocycles. The van der Waals surface area contributed by atoms with Crippen LogP contribution in [-0.4, -0.2) is 18.1 Å². The molecular weight excluding hydrogens is 164 g/mol. The molecule has 1 fully saturated rings. The van der Waals surface area contributed by atoms with Crippen LogP contribution in [-0.2, 0) is 9.53 Å². The van der Waals surface area contributed by atoms with Crippen LogP contribution in [0.3, 0.4) is 0 Å². The van der Waals surface area contributed by atoms with Gasteiger partial charge in [0.1, 0.15) is 11.5 Å². The second-order valence-electron chi connectivity index (χ2n) is 3.89. The zero-order valence-corrected chi connectivity index (χ0v) is 8.04. The lowest BCUT2D eigenvalue weighted by Crippen LogP contribution is -2.36. The minimum Gasteiger partial charge on any atom is -0.370 e. The average Bonchev–Trinajstić information content (AvgIpc) is 2.63. The van der Waals surface area contributed by atoms with E-state index >= 15 is 0 Å². The first-order valence-electron chi connectivity index (χ1n) is 4.80. The maximum atomic E-state index is 10.8. The highest BCUT2D eigenvalue weighted by molar-refractivity contribution is 5.61. The van der Waals surface area contributed by atoms with E-state index in [-0.39, 0.29) is 5.60 Å². The standard InChI is InChI=1S/C11H14O2/c1-3-13-11(2)9-5-4-8(6-9)10(11)7-12/h4-5,8-9H,3,6H2,1-2H3. The number of carbonyl (C=O) groups excluding carboxylic acids is 1. The molecule has 0 aromatic heterocycles. The van der Waals surface area contributed by atoms with Gasteiger partial charge in [0, 0.05) is 18.4 Å². The molecule has 0 amide bonds. The summed E-state index contributed by atoms with van der Waals surface area (Å²) in [6.07, 6.45) is 5.30. The molecule has 0 spiro atoms. The molecule has 2 nitrogen and oxygen atoms in total. The molecule has 2 aliphatic carbocycles. The van der Waals surface area contributed by atoms with Gasteiger partial charge in [-0.15, -0.1) is 0 Å². The SMILES string of the molecule is CCOC1(C)C(=C=O)C2C=CC1C2. The highest BCUT2D eigenvalue weighted by Crippen LogP contribution is 2.50. The van der Waals surface area contributed by atoms with Gasteiger partial charge in [0.2, 0.25) is 0 Å². The summed E-state index contributed by atoms with van der Waals surface area (Å²) in [7, 11) is 0. The summed E-state index contributed by atoms with van der Waals surface area (Å²) < 4.78 is 5.68. The molecule has 2 rings (SSSR count). The fourth-order valence-electron chi connectivity index (χ4n) is 2.55. The summed E-state index contributed by atoms with van der Waals surface area (Å²) in [6, 6.07) is 0. The second kappa shape index (κ2) is 2.83. The van der Waals surface area contributed by atoms with Crippen molar-refractivity contribution in [3.05, 3.63) is 17.7 Å². The zero-order chi connectivity index (χ0) is 9.47. The van der Waals surface area contributed by atoms with Crippen molar-refractivity contribution < 1.29 is 9.53 Å². The lowest BCUT2D eigenvalue weighted by atomic mass is 9.86. The summed E-state index contributed by atoms with van der Waals surface area (Å²) in [6.45, 7) is 4.62. The quantitative estimate of drug-likeness (QED) is 0.475. The second-order valence-corrected chi connectivity index (χ2v) is 3.89. The maximum absolute atomic E-state index is 10.8. The van der Waals surface area contributed by atoms with Crippen molar-refractivity contribution >= 4 is 5.94 Å². The van der Waals surface area contributed by atoms with Crippen molar-refractivity contribution in [1.82, 2.24) is 0 Å². The summed E-state index contributed by atoms with van der Waals surface area (Å²) in [5.74, 6) is 2.74. The highest BCUT2D eigenvalue weighted by Gasteiger charge is 2.51. The van der Waals surface area contributed by atoms with Gasteiger partial charge in [-0.1, -0.05) is 12.2 Å². The van der Waals surface area contributed by atoms with Crippen molar-refractivity contribution in [3.8, 4) is 0 Å². The molecule has 70 valence electrons. The lowest BCUT2D eigenvalue weighted by Gasteiger charge is -2.31. The minimum atomic E-state index is -0.365. The first-order valence-corrected chi connectivity index (χ1v) is 4.80. The Hall–Kier alpha value is -0.850. The van der Waals surface area contributed by atoms with Crippen LogP contribution < -0.4 is 0 Å². The number of hydrogen-bond donors (Lipinski definition) is 0. The summed E-state index contributed by atoms with van der Waals surface area (Å²) in [5.41, 5.74) is 0.442. The number of rotatable bonds is 2. The van der Waals surface area contributed by atoms with E-state index in [1.54, 1.807) is 0 Å². The van der Waals surface area contributed by atoms with Crippen LogP contribution >= 0.6 is 0 Å². The van der Waals surface area contributed by atoms with Crippen LogP contribution in [0.25, 0.3) is 0 Å². The molecule has 2 bridgehead atoms. The smallest absolute Gasteiger partial charge is 0.127 e. The predicted molar refractivity (Wildman–Crippen MR) is 50.0 cm³/mol. The van der Waals surface area contributed by atoms with Gasteiger partial charge in [-0.25, -0.2) is 4.79 Å². The Bertz CT molecular complexity index is 299. The number of fused-ring (bicyclic) bond motifs is 2.